The van der Waals surface area contributed by atoms with E-state index in [1.807, 2.05) is 13.0 Å². The van der Waals surface area contributed by atoms with Gasteiger partial charge in [-0.05, 0) is 25.8 Å². The van der Waals surface area contributed by atoms with Gasteiger partial charge in [-0.25, -0.2) is 9.97 Å². The number of likely N-dealkylation sites (tertiary alicyclic amines) is 1. The van der Waals surface area contributed by atoms with E-state index in [4.69, 9.17) is 5.73 Å². The first kappa shape index (κ1) is 15.7. The maximum atomic E-state index is 12.3. The molecule has 1 saturated heterocycles. The lowest BCUT2D eigenvalue weighted by Crippen LogP contribution is -2.43. The highest BCUT2D eigenvalue weighted by Gasteiger charge is 2.25. The Hall–Kier alpha value is -2.22. The number of nitrogens with zero attached hydrogens (tertiary/aromatic N) is 3. The number of fused-ring (bicyclic) bond motifs is 1. The summed E-state index contributed by atoms with van der Waals surface area (Å²) in [5.74, 6) is 0.306. The molecule has 0 bridgehead atoms. The molecule has 23 heavy (non-hydrogen) atoms. The number of hydrogen-bond donors (Lipinski definition) is 2. The van der Waals surface area contributed by atoms with Crippen LogP contribution in [0.3, 0.4) is 0 Å². The SMILES string of the molecule is Cc1cc2c(NCC(=O)N3CCC(C(N)=O)CC3)ncnc2s1. The highest BCUT2D eigenvalue weighted by Crippen LogP contribution is 2.27. The monoisotopic (exact) mass is 333 g/mol. The van der Waals surface area contributed by atoms with Crippen LogP contribution in [0, 0.1) is 12.8 Å². The molecule has 2 aromatic rings. The molecule has 0 radical (unpaired) electrons. The van der Waals surface area contributed by atoms with Gasteiger partial charge in [-0.3, -0.25) is 9.59 Å². The second-order valence-electron chi connectivity index (χ2n) is 5.71. The molecule has 1 aliphatic rings. The number of amides is 2. The highest BCUT2D eigenvalue weighted by molar-refractivity contribution is 7.18. The van der Waals surface area contributed by atoms with Gasteiger partial charge in [-0.1, -0.05) is 0 Å². The van der Waals surface area contributed by atoms with E-state index in [9.17, 15) is 9.59 Å². The largest absolute Gasteiger partial charge is 0.369 e. The van der Waals surface area contributed by atoms with Gasteiger partial charge in [0.1, 0.15) is 17.0 Å². The molecule has 2 aromatic heterocycles. The molecule has 3 heterocycles. The lowest BCUT2D eigenvalue weighted by molar-refractivity contribution is -0.133. The zero-order valence-corrected chi connectivity index (χ0v) is 13.7. The van der Waals surface area contributed by atoms with Crippen molar-refractivity contribution < 1.29 is 9.59 Å². The Kier molecular flexibility index (Phi) is 4.42. The molecule has 0 atom stereocenters. The molecule has 3 rings (SSSR count). The minimum atomic E-state index is -0.272. The van der Waals surface area contributed by atoms with Gasteiger partial charge in [-0.15, -0.1) is 11.3 Å². The summed E-state index contributed by atoms with van der Waals surface area (Å²) in [7, 11) is 0. The zero-order chi connectivity index (χ0) is 16.4. The van der Waals surface area contributed by atoms with Gasteiger partial charge >= 0.3 is 0 Å². The number of carbonyl (C=O) groups is 2. The van der Waals surface area contributed by atoms with E-state index in [0.717, 1.165) is 15.1 Å². The second-order valence-corrected chi connectivity index (χ2v) is 6.94. The van der Waals surface area contributed by atoms with Gasteiger partial charge in [0.25, 0.3) is 0 Å². The van der Waals surface area contributed by atoms with Gasteiger partial charge in [0.2, 0.25) is 11.8 Å². The van der Waals surface area contributed by atoms with Crippen LogP contribution in [0.5, 0.6) is 0 Å². The summed E-state index contributed by atoms with van der Waals surface area (Å²) < 4.78 is 0. The molecule has 122 valence electrons. The van der Waals surface area contributed by atoms with Crippen LogP contribution in [0.25, 0.3) is 10.2 Å². The third kappa shape index (κ3) is 3.42. The van der Waals surface area contributed by atoms with Crippen LogP contribution in [0.2, 0.25) is 0 Å². The molecule has 0 saturated carbocycles. The lowest BCUT2D eigenvalue weighted by atomic mass is 9.96. The summed E-state index contributed by atoms with van der Waals surface area (Å²) >= 11 is 1.60. The summed E-state index contributed by atoms with van der Waals surface area (Å²) in [6, 6.07) is 2.02. The Morgan fingerprint density at radius 1 is 1.39 bits per heavy atom. The van der Waals surface area contributed by atoms with Gasteiger partial charge < -0.3 is 16.0 Å². The molecule has 1 fully saturated rings. The van der Waals surface area contributed by atoms with Crippen LogP contribution in [0.1, 0.15) is 17.7 Å². The molecule has 2 amide bonds. The number of carbonyl (C=O) groups excluding carboxylic acids is 2. The number of nitrogens with two attached hydrogens (primary N) is 1. The van der Waals surface area contributed by atoms with E-state index in [1.54, 1.807) is 16.2 Å². The van der Waals surface area contributed by atoms with Crippen LogP contribution in [-0.4, -0.2) is 46.3 Å². The van der Waals surface area contributed by atoms with Crippen molar-refractivity contribution >= 4 is 39.2 Å². The predicted octanol–water partition coefficient (Wildman–Crippen LogP) is 1.14. The number of anilines is 1. The fourth-order valence-corrected chi connectivity index (χ4v) is 3.65. The minimum Gasteiger partial charge on any atom is -0.369 e. The van der Waals surface area contributed by atoms with Crippen LogP contribution in [0.15, 0.2) is 12.4 Å². The van der Waals surface area contributed by atoms with Crippen molar-refractivity contribution in [3.63, 3.8) is 0 Å². The maximum Gasteiger partial charge on any atom is 0.241 e. The van der Waals surface area contributed by atoms with E-state index >= 15 is 0 Å². The molecule has 3 N–H and O–H groups in total. The first-order chi connectivity index (χ1) is 11.0. The Balaban J connectivity index is 1.59. The molecule has 0 aliphatic carbocycles. The molecular formula is C15H19N5O2S. The first-order valence-corrected chi connectivity index (χ1v) is 8.38. The van der Waals surface area contributed by atoms with Crippen LogP contribution < -0.4 is 11.1 Å². The first-order valence-electron chi connectivity index (χ1n) is 7.56. The number of rotatable bonds is 4. The number of thiophene rings is 1. The van der Waals surface area contributed by atoms with Crippen molar-refractivity contribution in [1.29, 1.82) is 0 Å². The molecule has 7 nitrogen and oxygen atoms in total. The summed E-state index contributed by atoms with van der Waals surface area (Å²) in [4.78, 5) is 35.8. The number of aryl methyl sites for hydroxylation is 1. The average molecular weight is 333 g/mol. The fourth-order valence-electron chi connectivity index (χ4n) is 2.80. The van der Waals surface area contributed by atoms with Crippen LogP contribution in [0.4, 0.5) is 5.82 Å². The molecular weight excluding hydrogens is 314 g/mol. The second kappa shape index (κ2) is 6.49. The molecule has 8 heteroatoms. The highest BCUT2D eigenvalue weighted by atomic mass is 32.1. The molecule has 0 aromatic carbocycles. The average Bonchev–Trinajstić information content (AvgIpc) is 2.93. The van der Waals surface area contributed by atoms with Gasteiger partial charge in [-0.2, -0.15) is 0 Å². The van der Waals surface area contributed by atoms with Crippen molar-refractivity contribution in [2.75, 3.05) is 25.0 Å². The standard InChI is InChI=1S/C15H19N5O2S/c1-9-6-11-14(18-8-19-15(11)23-9)17-7-12(21)20-4-2-10(3-5-20)13(16)22/h6,8,10H,2-5,7H2,1H3,(H2,16,22)(H,17,18,19). The number of primary amides is 1. The van der Waals surface area contributed by atoms with Crippen molar-refractivity contribution in [2.45, 2.75) is 19.8 Å². The van der Waals surface area contributed by atoms with E-state index in [0.29, 0.717) is 31.7 Å². The van der Waals surface area contributed by atoms with E-state index in [1.165, 1.54) is 6.33 Å². The smallest absolute Gasteiger partial charge is 0.241 e. The lowest BCUT2D eigenvalue weighted by Gasteiger charge is -2.30. The number of piperidine rings is 1. The fraction of sp³-hybridized carbons (Fsp3) is 0.467. The normalized spacial score (nSPS) is 15.8. The van der Waals surface area contributed by atoms with E-state index in [-0.39, 0.29) is 24.3 Å². The number of nitrogens with one attached hydrogen (secondary N) is 1. The van der Waals surface area contributed by atoms with Gasteiger partial charge in [0.15, 0.2) is 0 Å². The summed E-state index contributed by atoms with van der Waals surface area (Å²) in [5.41, 5.74) is 5.31. The van der Waals surface area contributed by atoms with E-state index in [2.05, 4.69) is 15.3 Å². The number of hydrogen-bond acceptors (Lipinski definition) is 6. The molecule has 0 spiro atoms. The molecule has 1 aliphatic heterocycles. The van der Waals surface area contributed by atoms with Crippen molar-refractivity contribution in [2.24, 2.45) is 11.7 Å². The summed E-state index contributed by atoms with van der Waals surface area (Å²) in [5, 5.41) is 4.04. The predicted molar refractivity (Wildman–Crippen MR) is 89.1 cm³/mol. The van der Waals surface area contributed by atoms with Crippen molar-refractivity contribution in [1.82, 2.24) is 14.9 Å². The van der Waals surface area contributed by atoms with Crippen molar-refractivity contribution in [3.8, 4) is 0 Å². The maximum absolute atomic E-state index is 12.3. The van der Waals surface area contributed by atoms with Gasteiger partial charge in [0.05, 0.1) is 11.9 Å². The quantitative estimate of drug-likeness (QED) is 0.873. The topological polar surface area (TPSA) is 101 Å². The third-order valence-electron chi connectivity index (χ3n) is 4.11. The third-order valence-corrected chi connectivity index (χ3v) is 5.07. The van der Waals surface area contributed by atoms with Crippen molar-refractivity contribution in [3.05, 3.63) is 17.3 Å². The van der Waals surface area contributed by atoms with Crippen LogP contribution in [-0.2, 0) is 9.59 Å². The Morgan fingerprint density at radius 3 is 2.83 bits per heavy atom. The Morgan fingerprint density at radius 2 is 2.13 bits per heavy atom. The van der Waals surface area contributed by atoms with Crippen LogP contribution >= 0.6 is 11.3 Å². The Labute approximate surface area is 137 Å². The summed E-state index contributed by atoms with van der Waals surface area (Å²) in [6.45, 7) is 3.35. The zero-order valence-electron chi connectivity index (χ0n) is 12.9. The Bertz CT molecular complexity index is 737. The molecule has 0 unspecified atom stereocenters. The summed E-state index contributed by atoms with van der Waals surface area (Å²) in [6.07, 6.45) is 2.79. The van der Waals surface area contributed by atoms with E-state index < -0.39 is 0 Å². The number of aromatic nitrogens is 2. The van der Waals surface area contributed by atoms with Gasteiger partial charge in [0, 0.05) is 23.9 Å². The minimum absolute atomic E-state index is 0.00614.